The highest BCUT2D eigenvalue weighted by atomic mass is 16.5. The maximum atomic E-state index is 12.7. The van der Waals surface area contributed by atoms with E-state index in [9.17, 15) is 9.59 Å². The first kappa shape index (κ1) is 15.4. The van der Waals surface area contributed by atoms with Crippen molar-refractivity contribution >= 4 is 11.9 Å². The van der Waals surface area contributed by atoms with Crippen LogP contribution in [0.3, 0.4) is 0 Å². The highest BCUT2D eigenvalue weighted by Gasteiger charge is 2.43. The summed E-state index contributed by atoms with van der Waals surface area (Å²) in [5, 5.41) is 11.6. The van der Waals surface area contributed by atoms with Gasteiger partial charge in [0.1, 0.15) is 11.8 Å². The lowest BCUT2D eigenvalue weighted by molar-refractivity contribution is -0.142. The molecule has 1 unspecified atom stereocenters. The lowest BCUT2D eigenvalue weighted by Gasteiger charge is -2.29. The Labute approximate surface area is 124 Å². The Bertz CT molecular complexity index is 535. The van der Waals surface area contributed by atoms with Crippen molar-refractivity contribution in [2.24, 2.45) is 0 Å². The van der Waals surface area contributed by atoms with Crippen molar-refractivity contribution < 1.29 is 19.4 Å². The largest absolute Gasteiger partial charge is 0.497 e. The van der Waals surface area contributed by atoms with Crippen LogP contribution < -0.4 is 10.1 Å². The Morgan fingerprint density at radius 1 is 1.33 bits per heavy atom. The molecule has 5 heteroatoms. The van der Waals surface area contributed by atoms with E-state index < -0.39 is 17.4 Å². The van der Waals surface area contributed by atoms with E-state index in [1.165, 1.54) is 6.92 Å². The number of carboxylic acid groups (broad SMARTS) is 1. The normalized spacial score (nSPS) is 18.0. The van der Waals surface area contributed by atoms with Crippen LogP contribution in [0.15, 0.2) is 24.3 Å². The van der Waals surface area contributed by atoms with E-state index in [0.717, 1.165) is 31.2 Å². The molecule has 1 aliphatic carbocycles. The number of carbonyl (C=O) groups is 2. The summed E-state index contributed by atoms with van der Waals surface area (Å²) in [5.74, 6) is -0.525. The maximum Gasteiger partial charge on any atom is 0.325 e. The number of carboxylic acids is 1. The molecule has 0 bridgehead atoms. The highest BCUT2D eigenvalue weighted by Crippen LogP contribution is 2.42. The molecule has 1 atom stereocenters. The monoisotopic (exact) mass is 291 g/mol. The molecule has 0 aliphatic heterocycles. The van der Waals surface area contributed by atoms with Crippen LogP contribution >= 0.6 is 0 Å². The zero-order chi connectivity index (χ0) is 15.5. The lowest BCUT2D eigenvalue weighted by Crippen LogP contribution is -2.48. The molecule has 0 heterocycles. The van der Waals surface area contributed by atoms with Gasteiger partial charge < -0.3 is 15.2 Å². The molecule has 0 radical (unpaired) electrons. The van der Waals surface area contributed by atoms with Crippen LogP contribution in [0.2, 0.25) is 0 Å². The summed E-state index contributed by atoms with van der Waals surface area (Å²) in [6.07, 6.45) is 3.40. The van der Waals surface area contributed by atoms with Gasteiger partial charge in [-0.05, 0) is 37.5 Å². The molecule has 1 aliphatic rings. The topological polar surface area (TPSA) is 75.6 Å². The summed E-state index contributed by atoms with van der Waals surface area (Å²) in [7, 11) is 1.59. The van der Waals surface area contributed by atoms with Crippen LogP contribution in [0.1, 0.15) is 38.2 Å². The molecule has 5 nitrogen and oxygen atoms in total. The van der Waals surface area contributed by atoms with Crippen LogP contribution in [-0.4, -0.2) is 30.1 Å². The minimum Gasteiger partial charge on any atom is -0.497 e. The van der Waals surface area contributed by atoms with Crippen LogP contribution in [0.4, 0.5) is 0 Å². The molecule has 0 spiro atoms. The number of hydrogen-bond donors (Lipinski definition) is 2. The maximum absolute atomic E-state index is 12.7. The van der Waals surface area contributed by atoms with Gasteiger partial charge in [0.15, 0.2) is 0 Å². The number of rotatable bonds is 5. The van der Waals surface area contributed by atoms with E-state index in [2.05, 4.69) is 5.32 Å². The van der Waals surface area contributed by atoms with Crippen molar-refractivity contribution in [2.45, 2.75) is 44.1 Å². The third kappa shape index (κ3) is 3.01. The second kappa shape index (κ2) is 6.16. The summed E-state index contributed by atoms with van der Waals surface area (Å²) in [5.41, 5.74) is 0.257. The first-order chi connectivity index (χ1) is 9.99. The second-order valence-electron chi connectivity index (χ2n) is 5.55. The third-order valence-corrected chi connectivity index (χ3v) is 4.23. The number of methoxy groups -OCH3 is 1. The number of aliphatic carboxylic acids is 1. The van der Waals surface area contributed by atoms with Gasteiger partial charge in [0.05, 0.1) is 12.5 Å². The van der Waals surface area contributed by atoms with Gasteiger partial charge in [0.2, 0.25) is 5.91 Å². The zero-order valence-electron chi connectivity index (χ0n) is 12.4. The first-order valence-electron chi connectivity index (χ1n) is 7.18. The highest BCUT2D eigenvalue weighted by molar-refractivity contribution is 5.91. The van der Waals surface area contributed by atoms with E-state index in [0.29, 0.717) is 5.75 Å². The van der Waals surface area contributed by atoms with E-state index >= 15 is 0 Å². The number of benzene rings is 1. The van der Waals surface area contributed by atoms with E-state index in [1.807, 2.05) is 24.3 Å². The molecule has 1 fully saturated rings. The fourth-order valence-electron chi connectivity index (χ4n) is 2.94. The third-order valence-electron chi connectivity index (χ3n) is 4.23. The van der Waals surface area contributed by atoms with Gasteiger partial charge in [-0.3, -0.25) is 9.59 Å². The molecule has 1 saturated carbocycles. The van der Waals surface area contributed by atoms with Crippen molar-refractivity contribution in [1.29, 1.82) is 0 Å². The van der Waals surface area contributed by atoms with Gasteiger partial charge >= 0.3 is 5.97 Å². The Morgan fingerprint density at radius 3 is 2.57 bits per heavy atom. The molecule has 21 heavy (non-hydrogen) atoms. The molecule has 1 aromatic rings. The predicted molar refractivity (Wildman–Crippen MR) is 78.4 cm³/mol. The van der Waals surface area contributed by atoms with Crippen LogP contribution in [0.5, 0.6) is 5.75 Å². The van der Waals surface area contributed by atoms with Gasteiger partial charge in [0.25, 0.3) is 0 Å². The van der Waals surface area contributed by atoms with Gasteiger partial charge in [-0.2, -0.15) is 0 Å². The quantitative estimate of drug-likeness (QED) is 0.871. The van der Waals surface area contributed by atoms with Crippen LogP contribution in [-0.2, 0) is 15.0 Å². The summed E-state index contributed by atoms with van der Waals surface area (Å²) in [6, 6.07) is 6.60. The average molecular weight is 291 g/mol. The Morgan fingerprint density at radius 2 is 2.00 bits per heavy atom. The molecule has 1 amide bonds. The summed E-state index contributed by atoms with van der Waals surface area (Å²) >= 11 is 0. The fraction of sp³-hybridized carbons (Fsp3) is 0.500. The van der Waals surface area contributed by atoms with E-state index in [1.54, 1.807) is 7.11 Å². The van der Waals surface area contributed by atoms with Crippen molar-refractivity contribution in [3.63, 3.8) is 0 Å². The van der Waals surface area contributed by atoms with Crippen LogP contribution in [0, 0.1) is 0 Å². The van der Waals surface area contributed by atoms with Crippen molar-refractivity contribution in [3.05, 3.63) is 29.8 Å². The number of amides is 1. The summed E-state index contributed by atoms with van der Waals surface area (Å²) in [6.45, 7) is 1.48. The van der Waals surface area contributed by atoms with E-state index in [-0.39, 0.29) is 5.91 Å². The molecule has 1 aromatic carbocycles. The minimum absolute atomic E-state index is 0.205. The summed E-state index contributed by atoms with van der Waals surface area (Å²) < 4.78 is 5.23. The Kier molecular flexibility index (Phi) is 4.50. The van der Waals surface area contributed by atoms with Crippen molar-refractivity contribution in [1.82, 2.24) is 5.32 Å². The fourth-order valence-corrected chi connectivity index (χ4v) is 2.94. The Hall–Kier alpha value is -2.04. The lowest BCUT2D eigenvalue weighted by atomic mass is 9.77. The second-order valence-corrected chi connectivity index (χ2v) is 5.55. The van der Waals surface area contributed by atoms with Crippen molar-refractivity contribution in [2.75, 3.05) is 7.11 Å². The number of ether oxygens (including phenoxy) is 1. The van der Waals surface area contributed by atoms with Gasteiger partial charge in [0, 0.05) is 0 Å². The number of nitrogens with one attached hydrogen (secondary N) is 1. The number of hydrogen-bond acceptors (Lipinski definition) is 3. The van der Waals surface area contributed by atoms with Crippen LogP contribution in [0.25, 0.3) is 0 Å². The SMILES string of the molecule is COc1cccc(C2(C(=O)NC(C)C(=O)O)CCCC2)c1. The minimum atomic E-state index is -1.03. The van der Waals surface area contributed by atoms with Gasteiger partial charge in [-0.1, -0.05) is 25.0 Å². The zero-order valence-corrected chi connectivity index (χ0v) is 12.4. The molecule has 2 N–H and O–H groups in total. The summed E-state index contributed by atoms with van der Waals surface area (Å²) in [4.78, 5) is 23.6. The van der Waals surface area contributed by atoms with Gasteiger partial charge in [-0.15, -0.1) is 0 Å². The molecule has 0 saturated heterocycles. The standard InChI is InChI=1S/C16H21NO4/c1-11(14(18)19)17-15(20)16(8-3-4-9-16)12-6-5-7-13(10-12)21-2/h5-7,10-11H,3-4,8-9H2,1-2H3,(H,17,20)(H,18,19). The smallest absolute Gasteiger partial charge is 0.325 e. The molecular formula is C16H21NO4. The molecule has 2 rings (SSSR count). The van der Waals surface area contributed by atoms with Gasteiger partial charge in [-0.25, -0.2) is 0 Å². The predicted octanol–water partition coefficient (Wildman–Crippen LogP) is 2.10. The molecule has 114 valence electrons. The average Bonchev–Trinajstić information content (AvgIpc) is 2.98. The number of carbonyl (C=O) groups excluding carboxylic acids is 1. The Balaban J connectivity index is 2.31. The molecule has 0 aromatic heterocycles. The van der Waals surface area contributed by atoms with Crippen molar-refractivity contribution in [3.8, 4) is 5.75 Å². The van der Waals surface area contributed by atoms with E-state index in [4.69, 9.17) is 9.84 Å². The molecular weight excluding hydrogens is 270 g/mol. The first-order valence-corrected chi connectivity index (χ1v) is 7.18.